The van der Waals surface area contributed by atoms with Gasteiger partial charge in [0.05, 0.1) is 0 Å². The Morgan fingerprint density at radius 1 is 1.25 bits per heavy atom. The molecular weight excluding hydrogens is 200 g/mol. The molecule has 0 heterocycles. The molecule has 2 nitrogen and oxygen atoms in total. The summed E-state index contributed by atoms with van der Waals surface area (Å²) in [5, 5.41) is 0. The molecule has 0 atom stereocenters. The summed E-state index contributed by atoms with van der Waals surface area (Å²) < 4.78 is 4.98. The number of ether oxygens (including phenoxy) is 1. The molecular formula is C14H26O2. The van der Waals surface area contributed by atoms with Crippen molar-refractivity contribution in [3.05, 3.63) is 0 Å². The highest BCUT2D eigenvalue weighted by Crippen LogP contribution is 2.34. The molecule has 0 unspecified atom stereocenters. The van der Waals surface area contributed by atoms with Crippen LogP contribution in [0, 0.1) is 17.8 Å². The van der Waals surface area contributed by atoms with E-state index in [0.29, 0.717) is 24.7 Å². The summed E-state index contributed by atoms with van der Waals surface area (Å²) in [6.45, 7) is 5.31. The molecule has 2 heteroatoms. The molecule has 0 bridgehead atoms. The summed E-state index contributed by atoms with van der Waals surface area (Å²) in [5.74, 6) is 2.46. The van der Waals surface area contributed by atoms with Crippen LogP contribution in [0.15, 0.2) is 0 Å². The molecule has 0 aromatic carbocycles. The average molecular weight is 226 g/mol. The number of hydrogen-bond acceptors (Lipinski definition) is 2. The SMILES string of the molecule is COCCCC(=O)C1CCC(C(C)C)CC1. The van der Waals surface area contributed by atoms with Crippen LogP contribution >= 0.6 is 0 Å². The van der Waals surface area contributed by atoms with Gasteiger partial charge in [0.1, 0.15) is 5.78 Å². The number of carbonyl (C=O) groups is 1. The third-order valence-corrected chi connectivity index (χ3v) is 3.94. The smallest absolute Gasteiger partial charge is 0.136 e. The van der Waals surface area contributed by atoms with Crippen LogP contribution in [0.2, 0.25) is 0 Å². The Morgan fingerprint density at radius 2 is 1.88 bits per heavy atom. The van der Waals surface area contributed by atoms with E-state index in [4.69, 9.17) is 4.74 Å². The van der Waals surface area contributed by atoms with E-state index in [1.165, 1.54) is 12.8 Å². The summed E-state index contributed by atoms with van der Waals surface area (Å²) in [5.41, 5.74) is 0. The number of ketones is 1. The van der Waals surface area contributed by atoms with Gasteiger partial charge in [-0.25, -0.2) is 0 Å². The molecule has 0 spiro atoms. The van der Waals surface area contributed by atoms with Gasteiger partial charge in [0.25, 0.3) is 0 Å². The summed E-state index contributed by atoms with van der Waals surface area (Å²) in [6.07, 6.45) is 6.34. The van der Waals surface area contributed by atoms with E-state index in [1.807, 2.05) is 0 Å². The van der Waals surface area contributed by atoms with Gasteiger partial charge in [-0.1, -0.05) is 13.8 Å². The van der Waals surface area contributed by atoms with Crippen molar-refractivity contribution in [1.82, 2.24) is 0 Å². The van der Waals surface area contributed by atoms with Crippen molar-refractivity contribution in [1.29, 1.82) is 0 Å². The van der Waals surface area contributed by atoms with Crippen LogP contribution in [-0.4, -0.2) is 19.5 Å². The largest absolute Gasteiger partial charge is 0.385 e. The first kappa shape index (κ1) is 13.7. The fraction of sp³-hybridized carbons (Fsp3) is 0.929. The van der Waals surface area contributed by atoms with E-state index in [-0.39, 0.29) is 0 Å². The summed E-state index contributed by atoms with van der Waals surface area (Å²) in [6, 6.07) is 0. The van der Waals surface area contributed by atoms with Crippen molar-refractivity contribution in [2.75, 3.05) is 13.7 Å². The Morgan fingerprint density at radius 3 is 2.38 bits per heavy atom. The van der Waals surface area contributed by atoms with Gasteiger partial charge in [-0.2, -0.15) is 0 Å². The van der Waals surface area contributed by atoms with Gasteiger partial charge in [0, 0.05) is 26.1 Å². The Labute approximate surface area is 99.8 Å². The lowest BCUT2D eigenvalue weighted by Crippen LogP contribution is -2.24. The fourth-order valence-electron chi connectivity index (χ4n) is 2.70. The fourth-order valence-corrected chi connectivity index (χ4v) is 2.70. The topological polar surface area (TPSA) is 26.3 Å². The van der Waals surface area contributed by atoms with Crippen molar-refractivity contribution in [3.63, 3.8) is 0 Å². The summed E-state index contributed by atoms with van der Waals surface area (Å²) >= 11 is 0. The van der Waals surface area contributed by atoms with Crippen LogP contribution in [0.25, 0.3) is 0 Å². The molecule has 1 saturated carbocycles. The summed E-state index contributed by atoms with van der Waals surface area (Å²) in [7, 11) is 1.69. The molecule has 0 amide bonds. The molecule has 0 radical (unpaired) electrons. The lowest BCUT2D eigenvalue weighted by molar-refractivity contribution is -0.124. The second-order valence-corrected chi connectivity index (χ2v) is 5.42. The van der Waals surface area contributed by atoms with Crippen molar-refractivity contribution >= 4 is 5.78 Å². The van der Waals surface area contributed by atoms with Crippen molar-refractivity contribution in [2.24, 2.45) is 17.8 Å². The van der Waals surface area contributed by atoms with E-state index in [0.717, 1.165) is 31.1 Å². The lowest BCUT2D eigenvalue weighted by Gasteiger charge is -2.30. The van der Waals surface area contributed by atoms with Crippen LogP contribution in [0.4, 0.5) is 0 Å². The van der Waals surface area contributed by atoms with E-state index in [9.17, 15) is 4.79 Å². The minimum Gasteiger partial charge on any atom is -0.385 e. The van der Waals surface area contributed by atoms with Gasteiger partial charge in [-0.3, -0.25) is 4.79 Å². The first-order valence-corrected chi connectivity index (χ1v) is 6.66. The van der Waals surface area contributed by atoms with Crippen LogP contribution < -0.4 is 0 Å². The predicted molar refractivity (Wildman–Crippen MR) is 66.4 cm³/mol. The van der Waals surface area contributed by atoms with Crippen LogP contribution in [0.5, 0.6) is 0 Å². The molecule has 16 heavy (non-hydrogen) atoms. The average Bonchev–Trinajstić information content (AvgIpc) is 2.29. The second kappa shape index (κ2) is 7.05. The number of rotatable bonds is 6. The van der Waals surface area contributed by atoms with E-state index in [1.54, 1.807) is 7.11 Å². The zero-order chi connectivity index (χ0) is 12.0. The van der Waals surface area contributed by atoms with Crippen LogP contribution in [0.3, 0.4) is 0 Å². The Hall–Kier alpha value is -0.370. The molecule has 1 fully saturated rings. The number of carbonyl (C=O) groups excluding carboxylic acids is 1. The van der Waals surface area contributed by atoms with Gasteiger partial charge in [0.15, 0.2) is 0 Å². The van der Waals surface area contributed by atoms with Gasteiger partial charge in [-0.15, -0.1) is 0 Å². The molecule has 1 aliphatic carbocycles. The Kier molecular flexibility index (Phi) is 6.04. The minimum absolute atomic E-state index is 0.354. The maximum absolute atomic E-state index is 11.9. The maximum Gasteiger partial charge on any atom is 0.136 e. The molecule has 0 aliphatic heterocycles. The standard InChI is InChI=1S/C14H26O2/c1-11(2)12-6-8-13(9-7-12)14(15)5-4-10-16-3/h11-13H,4-10H2,1-3H3. The molecule has 0 N–H and O–H groups in total. The number of Topliss-reactive ketones (excluding diaryl/α,β-unsaturated/α-hetero) is 1. The highest BCUT2D eigenvalue weighted by atomic mass is 16.5. The van der Waals surface area contributed by atoms with Gasteiger partial charge < -0.3 is 4.74 Å². The van der Waals surface area contributed by atoms with E-state index >= 15 is 0 Å². The van der Waals surface area contributed by atoms with Gasteiger partial charge in [-0.05, 0) is 43.9 Å². The van der Waals surface area contributed by atoms with E-state index < -0.39 is 0 Å². The third kappa shape index (κ3) is 4.25. The predicted octanol–water partition coefficient (Wildman–Crippen LogP) is 3.44. The first-order chi connectivity index (χ1) is 7.65. The molecule has 0 aromatic heterocycles. The molecule has 0 aromatic rings. The second-order valence-electron chi connectivity index (χ2n) is 5.42. The zero-order valence-corrected chi connectivity index (χ0v) is 11.0. The number of methoxy groups -OCH3 is 1. The monoisotopic (exact) mass is 226 g/mol. The van der Waals surface area contributed by atoms with Crippen LogP contribution in [0.1, 0.15) is 52.4 Å². The van der Waals surface area contributed by atoms with Gasteiger partial charge in [0.2, 0.25) is 0 Å². The van der Waals surface area contributed by atoms with Crippen LogP contribution in [-0.2, 0) is 9.53 Å². The van der Waals surface area contributed by atoms with Gasteiger partial charge >= 0.3 is 0 Å². The molecule has 1 rings (SSSR count). The number of hydrogen-bond donors (Lipinski definition) is 0. The first-order valence-electron chi connectivity index (χ1n) is 6.66. The highest BCUT2D eigenvalue weighted by molar-refractivity contribution is 5.81. The van der Waals surface area contributed by atoms with E-state index in [2.05, 4.69) is 13.8 Å². The Bertz CT molecular complexity index is 203. The molecule has 94 valence electrons. The van der Waals surface area contributed by atoms with Crippen molar-refractivity contribution in [2.45, 2.75) is 52.4 Å². The minimum atomic E-state index is 0.354. The molecule has 0 saturated heterocycles. The maximum atomic E-state index is 11.9. The highest BCUT2D eigenvalue weighted by Gasteiger charge is 2.26. The normalized spacial score (nSPS) is 26.0. The quantitative estimate of drug-likeness (QED) is 0.648. The van der Waals surface area contributed by atoms with Crippen molar-refractivity contribution < 1.29 is 9.53 Å². The third-order valence-electron chi connectivity index (χ3n) is 3.94. The van der Waals surface area contributed by atoms with Crippen molar-refractivity contribution in [3.8, 4) is 0 Å². The Balaban J connectivity index is 2.22. The lowest BCUT2D eigenvalue weighted by atomic mass is 9.75. The molecule has 1 aliphatic rings. The summed E-state index contributed by atoms with van der Waals surface area (Å²) in [4.78, 5) is 11.9. The zero-order valence-electron chi connectivity index (χ0n) is 11.0.